The summed E-state index contributed by atoms with van der Waals surface area (Å²) in [7, 11) is 0. The van der Waals surface area contributed by atoms with Gasteiger partial charge in [0.2, 0.25) is 5.91 Å². The maximum absolute atomic E-state index is 12.8. The number of nitrogens with one attached hydrogen (secondary N) is 2. The van der Waals surface area contributed by atoms with Crippen molar-refractivity contribution in [3.05, 3.63) is 75.4 Å². The zero-order valence-corrected chi connectivity index (χ0v) is 20.5. The van der Waals surface area contributed by atoms with E-state index in [4.69, 9.17) is 4.74 Å². The van der Waals surface area contributed by atoms with E-state index in [0.717, 1.165) is 28.5 Å². The van der Waals surface area contributed by atoms with Gasteiger partial charge in [-0.15, -0.1) is 11.3 Å². The van der Waals surface area contributed by atoms with Crippen molar-refractivity contribution >= 4 is 50.9 Å². The van der Waals surface area contributed by atoms with Gasteiger partial charge in [0.05, 0.1) is 22.8 Å². The molecule has 0 aliphatic heterocycles. The van der Waals surface area contributed by atoms with Crippen LogP contribution < -0.4 is 10.9 Å². The van der Waals surface area contributed by atoms with Crippen LogP contribution in [0.3, 0.4) is 0 Å². The Morgan fingerprint density at radius 3 is 2.50 bits per heavy atom. The predicted octanol–water partition coefficient (Wildman–Crippen LogP) is 5.26. The quantitative estimate of drug-likeness (QED) is 0.207. The summed E-state index contributed by atoms with van der Waals surface area (Å²) in [5, 5.41) is 5.64. The highest BCUT2D eigenvalue weighted by molar-refractivity contribution is 7.99. The molecule has 0 fully saturated rings. The highest BCUT2D eigenvalue weighted by Gasteiger charge is 2.14. The van der Waals surface area contributed by atoms with Crippen molar-refractivity contribution in [3.63, 3.8) is 0 Å². The number of amides is 1. The lowest BCUT2D eigenvalue weighted by Crippen LogP contribution is -2.16. The molecule has 0 radical (unpaired) electrons. The minimum atomic E-state index is -0.409. The van der Waals surface area contributed by atoms with Crippen molar-refractivity contribution in [3.8, 4) is 11.1 Å². The summed E-state index contributed by atoms with van der Waals surface area (Å²) >= 11 is 2.56. The van der Waals surface area contributed by atoms with Gasteiger partial charge in [0, 0.05) is 16.6 Å². The van der Waals surface area contributed by atoms with Gasteiger partial charge in [-0.2, -0.15) is 0 Å². The predicted molar refractivity (Wildman–Crippen MR) is 137 cm³/mol. The first-order chi connectivity index (χ1) is 16.3. The average Bonchev–Trinajstić information content (AvgIpc) is 3.23. The van der Waals surface area contributed by atoms with Crippen LogP contribution in [0.4, 0.5) is 5.69 Å². The summed E-state index contributed by atoms with van der Waals surface area (Å²) in [5.74, 6) is -0.591. The lowest BCUT2D eigenvalue weighted by molar-refractivity contribution is -0.113. The summed E-state index contributed by atoms with van der Waals surface area (Å²) in [5.41, 5.74) is 3.71. The van der Waals surface area contributed by atoms with Crippen LogP contribution in [0.1, 0.15) is 29.8 Å². The van der Waals surface area contributed by atoms with E-state index in [0.29, 0.717) is 26.6 Å². The molecular formula is C25H23N3O4S2. The number of rotatable bonds is 7. The summed E-state index contributed by atoms with van der Waals surface area (Å²) in [6.07, 6.45) is -0.202. The zero-order valence-electron chi connectivity index (χ0n) is 18.9. The summed E-state index contributed by atoms with van der Waals surface area (Å²) in [6, 6.07) is 14.5. The van der Waals surface area contributed by atoms with Gasteiger partial charge in [-0.3, -0.25) is 9.59 Å². The summed E-state index contributed by atoms with van der Waals surface area (Å²) < 4.78 is 5.15. The van der Waals surface area contributed by atoms with Crippen LogP contribution in [0.2, 0.25) is 0 Å². The minimum absolute atomic E-state index is 0.0712. The number of anilines is 1. The van der Waals surface area contributed by atoms with Gasteiger partial charge in [0.15, 0.2) is 5.16 Å². The molecule has 174 valence electrons. The molecule has 0 aliphatic rings. The first kappa shape index (κ1) is 23.7. The van der Waals surface area contributed by atoms with Crippen LogP contribution >= 0.6 is 23.1 Å². The first-order valence-electron chi connectivity index (χ1n) is 10.6. The van der Waals surface area contributed by atoms with Crippen molar-refractivity contribution in [1.29, 1.82) is 0 Å². The topological polar surface area (TPSA) is 101 Å². The Hall–Kier alpha value is -3.43. The molecule has 4 aromatic rings. The SMILES string of the molecule is Cc1ccc(-c2csc3nc(SCC(=O)Nc4ccc(C(=O)OC(C)C)cc4)[nH]c(=O)c23)cc1. The number of hydrogen-bond acceptors (Lipinski definition) is 7. The lowest BCUT2D eigenvalue weighted by Gasteiger charge is -2.09. The standard InChI is InChI=1S/C25H23N3O4S2/c1-14(2)32-24(31)17-8-10-18(11-9-17)26-20(29)13-34-25-27-22(30)21-19(12-33-23(21)28-25)16-6-4-15(3)5-7-16/h4-12,14H,13H2,1-3H3,(H,26,29)(H,27,28,30). The number of nitrogens with zero attached hydrogens (tertiary/aromatic N) is 1. The molecule has 0 spiro atoms. The van der Waals surface area contributed by atoms with Crippen molar-refractivity contribution in [2.45, 2.75) is 32.0 Å². The van der Waals surface area contributed by atoms with Crippen molar-refractivity contribution in [2.75, 3.05) is 11.1 Å². The monoisotopic (exact) mass is 493 g/mol. The number of carbonyl (C=O) groups is 2. The molecule has 2 aromatic heterocycles. The minimum Gasteiger partial charge on any atom is -0.459 e. The molecule has 2 aromatic carbocycles. The number of aromatic amines is 1. The molecule has 4 rings (SSSR count). The van der Waals surface area contributed by atoms with Gasteiger partial charge in [-0.25, -0.2) is 9.78 Å². The maximum Gasteiger partial charge on any atom is 0.338 e. The van der Waals surface area contributed by atoms with Crippen LogP contribution in [0, 0.1) is 6.92 Å². The van der Waals surface area contributed by atoms with Crippen LogP contribution in [-0.2, 0) is 9.53 Å². The van der Waals surface area contributed by atoms with Gasteiger partial charge in [0.1, 0.15) is 4.83 Å². The molecular weight excluding hydrogens is 470 g/mol. The fourth-order valence-electron chi connectivity index (χ4n) is 3.25. The fourth-order valence-corrected chi connectivity index (χ4v) is 4.91. The maximum atomic E-state index is 12.8. The van der Waals surface area contributed by atoms with Crippen LogP contribution in [0.25, 0.3) is 21.3 Å². The zero-order chi connectivity index (χ0) is 24.2. The van der Waals surface area contributed by atoms with Crippen LogP contribution in [0.15, 0.2) is 63.9 Å². The molecule has 2 heterocycles. The number of thioether (sulfide) groups is 1. The number of benzene rings is 2. The first-order valence-corrected chi connectivity index (χ1v) is 12.5. The molecule has 0 aliphatic carbocycles. The Labute approximate surface area is 204 Å². The highest BCUT2D eigenvalue weighted by atomic mass is 32.2. The fraction of sp³-hybridized carbons (Fsp3) is 0.200. The van der Waals surface area contributed by atoms with E-state index in [2.05, 4.69) is 15.3 Å². The Morgan fingerprint density at radius 1 is 1.12 bits per heavy atom. The number of esters is 1. The van der Waals surface area contributed by atoms with Crippen molar-refractivity contribution < 1.29 is 14.3 Å². The highest BCUT2D eigenvalue weighted by Crippen LogP contribution is 2.31. The molecule has 0 atom stereocenters. The third-order valence-corrected chi connectivity index (χ3v) is 6.62. The summed E-state index contributed by atoms with van der Waals surface area (Å²) in [4.78, 5) is 45.0. The molecule has 0 bridgehead atoms. The molecule has 1 amide bonds. The normalized spacial score (nSPS) is 11.1. The number of fused-ring (bicyclic) bond motifs is 1. The van der Waals surface area contributed by atoms with Gasteiger partial charge < -0.3 is 15.0 Å². The van der Waals surface area contributed by atoms with Gasteiger partial charge in [-0.1, -0.05) is 41.6 Å². The molecule has 0 unspecified atom stereocenters. The van der Waals surface area contributed by atoms with Crippen LogP contribution in [0.5, 0.6) is 0 Å². The third-order valence-electron chi connectivity index (χ3n) is 4.87. The van der Waals surface area contributed by atoms with Crippen molar-refractivity contribution in [2.24, 2.45) is 0 Å². The molecule has 0 saturated heterocycles. The summed E-state index contributed by atoms with van der Waals surface area (Å²) in [6.45, 7) is 5.58. The Kier molecular flexibility index (Phi) is 7.14. The van der Waals surface area contributed by atoms with Gasteiger partial charge in [0.25, 0.3) is 5.56 Å². The number of thiophene rings is 1. The van der Waals surface area contributed by atoms with Crippen LogP contribution in [-0.4, -0.2) is 33.7 Å². The van der Waals surface area contributed by atoms with Gasteiger partial charge >= 0.3 is 5.97 Å². The van der Waals surface area contributed by atoms with Gasteiger partial charge in [-0.05, 0) is 50.6 Å². The number of H-pyrrole nitrogens is 1. The van der Waals surface area contributed by atoms with E-state index in [-0.39, 0.29) is 23.3 Å². The van der Waals surface area contributed by atoms with E-state index in [1.165, 1.54) is 11.3 Å². The van der Waals surface area contributed by atoms with E-state index in [1.54, 1.807) is 38.1 Å². The largest absolute Gasteiger partial charge is 0.459 e. The Balaban J connectivity index is 1.40. The molecule has 34 heavy (non-hydrogen) atoms. The number of ether oxygens (including phenoxy) is 1. The average molecular weight is 494 g/mol. The molecule has 2 N–H and O–H groups in total. The molecule has 9 heteroatoms. The number of hydrogen-bond donors (Lipinski definition) is 2. The van der Waals surface area contributed by atoms with Crippen molar-refractivity contribution in [1.82, 2.24) is 9.97 Å². The number of aryl methyl sites for hydroxylation is 1. The smallest absolute Gasteiger partial charge is 0.338 e. The van der Waals surface area contributed by atoms with E-state index >= 15 is 0 Å². The Morgan fingerprint density at radius 2 is 1.82 bits per heavy atom. The Bertz CT molecular complexity index is 1390. The second-order valence-electron chi connectivity index (χ2n) is 7.93. The second-order valence-corrected chi connectivity index (χ2v) is 9.76. The molecule has 0 saturated carbocycles. The number of carbonyl (C=O) groups excluding carboxylic acids is 2. The lowest BCUT2D eigenvalue weighted by atomic mass is 10.1. The number of aromatic nitrogens is 2. The second kappa shape index (κ2) is 10.2. The molecule has 7 nitrogen and oxygen atoms in total. The van der Waals surface area contributed by atoms with E-state index in [9.17, 15) is 14.4 Å². The van der Waals surface area contributed by atoms with E-state index in [1.807, 2.05) is 36.6 Å². The van der Waals surface area contributed by atoms with E-state index < -0.39 is 5.97 Å². The third kappa shape index (κ3) is 5.55.